The Bertz CT molecular complexity index is 352. The van der Waals surface area contributed by atoms with E-state index in [2.05, 4.69) is 51.7 Å². The molecule has 1 aromatic rings. The van der Waals surface area contributed by atoms with Crippen LogP contribution in [-0.2, 0) is 11.0 Å². The number of hydrogen-bond donors (Lipinski definition) is 2. The van der Waals surface area contributed by atoms with Gasteiger partial charge in [0.05, 0.1) is 12.3 Å². The van der Waals surface area contributed by atoms with Crippen LogP contribution in [0, 0.1) is 0 Å². The maximum atomic E-state index is 6.43. The normalized spacial score (nSPS) is 12.9. The second-order valence-electron chi connectivity index (χ2n) is 5.92. The van der Waals surface area contributed by atoms with Crippen LogP contribution in [-0.4, -0.2) is 18.5 Å². The summed E-state index contributed by atoms with van der Waals surface area (Å²) in [5.74, 6) is 0.527. The molecule has 5 heteroatoms. The highest BCUT2D eigenvalue weighted by Gasteiger charge is 2.45. The third-order valence-corrected chi connectivity index (χ3v) is 9.89. The van der Waals surface area contributed by atoms with Gasteiger partial charge in [-0.25, -0.2) is 0 Å². The third kappa shape index (κ3) is 2.95. The summed E-state index contributed by atoms with van der Waals surface area (Å²) in [6.45, 7) is 14.3. The van der Waals surface area contributed by atoms with Crippen molar-refractivity contribution in [3.63, 3.8) is 0 Å². The number of nitrogens with zero attached hydrogens (tertiary/aromatic N) is 1. The van der Waals surface area contributed by atoms with Crippen molar-refractivity contribution >= 4 is 14.1 Å². The Labute approximate surface area is 111 Å². The van der Waals surface area contributed by atoms with Gasteiger partial charge < -0.3 is 10.2 Å². The van der Waals surface area contributed by atoms with Crippen LogP contribution in [0.4, 0.5) is 5.82 Å². The van der Waals surface area contributed by atoms with Gasteiger partial charge in [0.25, 0.3) is 0 Å². The molecule has 0 radical (unpaired) electrons. The van der Waals surface area contributed by atoms with Crippen LogP contribution in [0.2, 0.25) is 16.6 Å². The van der Waals surface area contributed by atoms with Gasteiger partial charge in [0.2, 0.25) is 8.32 Å². The molecule has 1 aromatic heterocycles. The van der Waals surface area contributed by atoms with Gasteiger partial charge in [-0.1, -0.05) is 41.5 Å². The molecule has 0 aliphatic carbocycles. The quantitative estimate of drug-likeness (QED) is 0.774. The molecule has 0 saturated carbocycles. The molecule has 0 aliphatic heterocycles. The Kier molecular flexibility index (Phi) is 4.98. The van der Waals surface area contributed by atoms with Crippen LogP contribution in [0.5, 0.6) is 0 Å². The number of hydrogen-bond acceptors (Lipinski definition) is 3. The Balaban J connectivity index is 2.85. The lowest BCUT2D eigenvalue weighted by molar-refractivity contribution is 0.261. The largest absolute Gasteiger partial charge is 0.410 e. The minimum atomic E-state index is -1.79. The van der Waals surface area contributed by atoms with E-state index in [1.165, 1.54) is 0 Å². The van der Waals surface area contributed by atoms with Crippen LogP contribution in [0.25, 0.3) is 0 Å². The molecule has 104 valence electrons. The molecule has 0 aliphatic rings. The highest BCUT2D eigenvalue weighted by molar-refractivity contribution is 6.77. The summed E-state index contributed by atoms with van der Waals surface area (Å²) in [4.78, 5) is 0. The number of nitrogens with one attached hydrogen (secondary N) is 1. The predicted octanol–water partition coefficient (Wildman–Crippen LogP) is 3.68. The third-order valence-electron chi connectivity index (χ3n) is 3.84. The molecule has 0 unspecified atom stereocenters. The second-order valence-corrected chi connectivity index (χ2v) is 11.4. The summed E-state index contributed by atoms with van der Waals surface area (Å²) < 4.78 is 6.43. The molecule has 0 saturated heterocycles. The minimum Gasteiger partial charge on any atom is -0.410 e. The first-order chi connectivity index (χ1) is 8.30. The van der Waals surface area contributed by atoms with Crippen molar-refractivity contribution in [3.8, 4) is 0 Å². The Hall–Kier alpha value is -0.813. The fraction of sp³-hybridized carbons (Fsp3) is 0.769. The Morgan fingerprint density at radius 1 is 1.17 bits per heavy atom. The SMILES string of the molecule is CC(C)[Si](OCc1cc(N)n[nH]1)(C(C)C)C(C)C. The van der Waals surface area contributed by atoms with Gasteiger partial charge in [-0.3, -0.25) is 5.10 Å². The first-order valence-corrected chi connectivity index (χ1v) is 8.88. The second kappa shape index (κ2) is 5.89. The number of H-pyrrole nitrogens is 1. The monoisotopic (exact) mass is 269 g/mol. The van der Waals surface area contributed by atoms with Crippen LogP contribution >= 0.6 is 0 Å². The van der Waals surface area contributed by atoms with Gasteiger partial charge >= 0.3 is 0 Å². The van der Waals surface area contributed by atoms with Crippen molar-refractivity contribution < 1.29 is 4.43 Å². The smallest absolute Gasteiger partial charge is 0.200 e. The molecular formula is C13H27N3OSi. The van der Waals surface area contributed by atoms with Crippen LogP contribution in [0.1, 0.15) is 47.2 Å². The van der Waals surface area contributed by atoms with Gasteiger partial charge in [-0.05, 0) is 16.6 Å². The summed E-state index contributed by atoms with van der Waals surface area (Å²) >= 11 is 0. The van der Waals surface area contributed by atoms with Crippen molar-refractivity contribution in [1.29, 1.82) is 0 Å². The summed E-state index contributed by atoms with van der Waals surface area (Å²) in [5, 5.41) is 6.86. The molecule has 1 rings (SSSR count). The summed E-state index contributed by atoms with van der Waals surface area (Å²) in [6, 6.07) is 1.85. The molecular weight excluding hydrogens is 242 g/mol. The van der Waals surface area contributed by atoms with E-state index >= 15 is 0 Å². The van der Waals surface area contributed by atoms with E-state index in [4.69, 9.17) is 10.2 Å². The molecule has 1 heterocycles. The van der Waals surface area contributed by atoms with E-state index in [0.29, 0.717) is 29.0 Å². The van der Waals surface area contributed by atoms with Crippen LogP contribution < -0.4 is 5.73 Å². The number of aromatic amines is 1. The number of nitrogens with two attached hydrogens (primary N) is 1. The zero-order chi connectivity index (χ0) is 13.9. The number of anilines is 1. The summed E-state index contributed by atoms with van der Waals surface area (Å²) in [5.41, 5.74) is 8.36. The molecule has 0 atom stereocenters. The van der Waals surface area contributed by atoms with Gasteiger partial charge in [-0.2, -0.15) is 5.10 Å². The molecule has 18 heavy (non-hydrogen) atoms. The fourth-order valence-electron chi connectivity index (χ4n) is 3.16. The fourth-order valence-corrected chi connectivity index (χ4v) is 8.56. The number of nitrogen functional groups attached to an aromatic ring is 1. The predicted molar refractivity (Wildman–Crippen MR) is 78.8 cm³/mol. The topological polar surface area (TPSA) is 63.9 Å². The van der Waals surface area contributed by atoms with Gasteiger partial charge in [0.15, 0.2) is 0 Å². The zero-order valence-electron chi connectivity index (χ0n) is 12.4. The minimum absolute atomic E-state index is 0.527. The molecule has 0 amide bonds. The van der Waals surface area contributed by atoms with Gasteiger partial charge in [0, 0.05) is 6.07 Å². The highest BCUT2D eigenvalue weighted by atomic mass is 28.4. The van der Waals surface area contributed by atoms with Crippen LogP contribution in [0.15, 0.2) is 6.07 Å². The lowest BCUT2D eigenvalue weighted by Gasteiger charge is -2.42. The van der Waals surface area contributed by atoms with E-state index in [1.54, 1.807) is 0 Å². The van der Waals surface area contributed by atoms with E-state index < -0.39 is 8.32 Å². The van der Waals surface area contributed by atoms with Crippen molar-refractivity contribution in [2.24, 2.45) is 0 Å². The van der Waals surface area contributed by atoms with Gasteiger partial charge in [0.1, 0.15) is 5.82 Å². The first-order valence-electron chi connectivity index (χ1n) is 6.74. The number of rotatable bonds is 6. The maximum absolute atomic E-state index is 6.43. The lowest BCUT2D eigenvalue weighted by Crippen LogP contribution is -2.47. The molecule has 0 aromatic carbocycles. The summed E-state index contributed by atoms with van der Waals surface area (Å²) in [6.07, 6.45) is 0. The summed E-state index contributed by atoms with van der Waals surface area (Å²) in [7, 11) is -1.79. The van der Waals surface area contributed by atoms with Crippen molar-refractivity contribution in [2.45, 2.75) is 64.8 Å². The van der Waals surface area contributed by atoms with Crippen LogP contribution in [0.3, 0.4) is 0 Å². The zero-order valence-corrected chi connectivity index (χ0v) is 13.4. The molecule has 4 nitrogen and oxygen atoms in total. The Morgan fingerprint density at radius 3 is 2.00 bits per heavy atom. The van der Waals surface area contributed by atoms with E-state index in [-0.39, 0.29) is 0 Å². The first kappa shape index (κ1) is 15.2. The van der Waals surface area contributed by atoms with E-state index in [1.807, 2.05) is 6.07 Å². The van der Waals surface area contributed by atoms with Gasteiger partial charge in [-0.15, -0.1) is 0 Å². The highest BCUT2D eigenvalue weighted by Crippen LogP contribution is 2.42. The maximum Gasteiger partial charge on any atom is 0.200 e. The average molecular weight is 269 g/mol. The lowest BCUT2D eigenvalue weighted by atomic mass is 10.4. The van der Waals surface area contributed by atoms with E-state index in [9.17, 15) is 0 Å². The molecule has 3 N–H and O–H groups in total. The van der Waals surface area contributed by atoms with Crippen molar-refractivity contribution in [2.75, 3.05) is 5.73 Å². The average Bonchev–Trinajstić information content (AvgIpc) is 2.63. The van der Waals surface area contributed by atoms with Crippen molar-refractivity contribution in [3.05, 3.63) is 11.8 Å². The molecule has 0 bridgehead atoms. The van der Waals surface area contributed by atoms with Crippen molar-refractivity contribution in [1.82, 2.24) is 10.2 Å². The Morgan fingerprint density at radius 2 is 1.67 bits per heavy atom. The number of aromatic nitrogens is 2. The molecule has 0 fully saturated rings. The standard InChI is InChI=1S/C13H27N3OSi/c1-9(2)18(10(3)4,11(5)6)17-8-12-7-13(14)16-15-12/h7,9-11H,8H2,1-6H3,(H3,14,15,16). The van der Waals surface area contributed by atoms with E-state index in [0.717, 1.165) is 5.69 Å². The molecule has 0 spiro atoms.